The maximum absolute atomic E-state index is 13.7. The zero-order valence-corrected chi connectivity index (χ0v) is 23.6. The van der Waals surface area contributed by atoms with Crippen LogP contribution in [0.3, 0.4) is 0 Å². The molecule has 1 aromatic rings. The lowest BCUT2D eigenvalue weighted by Gasteiger charge is -2.45. The van der Waals surface area contributed by atoms with E-state index in [1.165, 1.54) is 0 Å². The Hall–Kier alpha value is -0.840. The van der Waals surface area contributed by atoms with Crippen molar-refractivity contribution in [1.82, 2.24) is 0 Å². The van der Waals surface area contributed by atoms with Crippen LogP contribution in [0, 0.1) is 0 Å². The van der Waals surface area contributed by atoms with Crippen LogP contribution in [0.4, 0.5) is 0 Å². The van der Waals surface area contributed by atoms with Crippen LogP contribution >= 0.6 is 15.9 Å². The Balaban J connectivity index is 2.40. The fourth-order valence-corrected chi connectivity index (χ4v) is 5.32. The highest BCUT2D eigenvalue weighted by Gasteiger charge is 2.50. The fourth-order valence-electron chi connectivity index (χ4n) is 3.75. The first-order valence-electron chi connectivity index (χ1n) is 12.7. The van der Waals surface area contributed by atoms with Gasteiger partial charge in [0.25, 0.3) is 0 Å². The van der Waals surface area contributed by atoms with Crippen LogP contribution in [0.5, 0.6) is 0 Å². The largest absolute Gasteiger partial charge is 0.462 e. The predicted octanol–water partition coefficient (Wildman–Crippen LogP) is 5.01. The second-order valence-electron chi connectivity index (χ2n) is 8.54. The first kappa shape index (κ1) is 30.4. The van der Waals surface area contributed by atoms with Gasteiger partial charge in [-0.05, 0) is 31.4 Å². The van der Waals surface area contributed by atoms with Crippen molar-refractivity contribution < 1.29 is 32.7 Å². The van der Waals surface area contributed by atoms with E-state index in [-0.39, 0.29) is 11.9 Å². The van der Waals surface area contributed by atoms with Gasteiger partial charge >= 0.3 is 5.97 Å². The first-order valence-corrected chi connectivity index (χ1v) is 15.1. The number of rotatable bonds is 17. The van der Waals surface area contributed by atoms with E-state index in [4.69, 9.17) is 23.7 Å². The number of ether oxygens (including phenoxy) is 5. The normalized spacial score (nSPS) is 25.3. The average Bonchev–Trinajstić information content (AvgIpc) is 2.89. The van der Waals surface area contributed by atoms with E-state index in [9.17, 15) is 9.00 Å². The molecule has 1 heterocycles. The van der Waals surface area contributed by atoms with Gasteiger partial charge in [0.1, 0.15) is 36.4 Å². The SMILES string of the molecule is CCCCOC1C(OCCCC)[C@H](S(=O)c2ccccc2)OC(COC(=O)CBr)[C@H]1OCCCC. The lowest BCUT2D eigenvalue weighted by molar-refractivity contribution is -0.247. The van der Waals surface area contributed by atoms with Gasteiger partial charge in [-0.15, -0.1) is 0 Å². The van der Waals surface area contributed by atoms with Crippen LogP contribution in [-0.4, -0.2) is 71.8 Å². The molecule has 0 N–H and O–H groups in total. The molecule has 35 heavy (non-hydrogen) atoms. The molecule has 7 nitrogen and oxygen atoms in total. The van der Waals surface area contributed by atoms with Gasteiger partial charge in [-0.2, -0.15) is 0 Å². The van der Waals surface area contributed by atoms with Crippen LogP contribution in [0.25, 0.3) is 0 Å². The molecule has 0 radical (unpaired) electrons. The molecule has 1 aliphatic heterocycles. The monoisotopic (exact) mass is 576 g/mol. The molecule has 0 amide bonds. The number of carbonyl (C=O) groups is 1. The molecule has 4 unspecified atom stereocenters. The molecule has 9 heteroatoms. The van der Waals surface area contributed by atoms with E-state index in [0.29, 0.717) is 24.7 Å². The zero-order valence-electron chi connectivity index (χ0n) is 21.2. The first-order chi connectivity index (χ1) is 17.1. The second kappa shape index (κ2) is 17.6. The van der Waals surface area contributed by atoms with Crippen LogP contribution in [-0.2, 0) is 39.3 Å². The molecule has 6 atom stereocenters. The zero-order chi connectivity index (χ0) is 25.5. The Kier molecular flexibility index (Phi) is 15.3. The van der Waals surface area contributed by atoms with Crippen LogP contribution < -0.4 is 0 Å². The van der Waals surface area contributed by atoms with Crippen molar-refractivity contribution in [3.05, 3.63) is 30.3 Å². The summed E-state index contributed by atoms with van der Waals surface area (Å²) in [5.41, 5.74) is -0.792. The minimum absolute atomic E-state index is 0.0148. The molecule has 0 aliphatic carbocycles. The third-order valence-corrected chi connectivity index (χ3v) is 7.72. The Morgan fingerprint density at radius 3 is 1.97 bits per heavy atom. The minimum atomic E-state index is -1.52. The third kappa shape index (κ3) is 9.85. The molecule has 200 valence electrons. The average molecular weight is 578 g/mol. The standard InChI is InChI=1S/C26H41BrO7S/c1-4-7-15-30-23-21(19-33-22(28)18-27)34-26(35(29)20-13-11-10-12-14-20)25(32-17-9-6-3)24(23)31-16-8-5-2/h10-14,21,23-26H,4-9,15-19H2,1-3H3/t21?,23-,24?,25?,26+,35?/m1/s1. The quantitative estimate of drug-likeness (QED) is 0.146. The van der Waals surface area contributed by atoms with E-state index in [0.717, 1.165) is 38.5 Å². The number of benzene rings is 1. The van der Waals surface area contributed by atoms with Crippen LogP contribution in [0.2, 0.25) is 0 Å². The number of alkyl halides is 1. The highest BCUT2D eigenvalue weighted by molar-refractivity contribution is 9.09. The van der Waals surface area contributed by atoms with Crippen molar-refractivity contribution in [2.75, 3.05) is 31.8 Å². The molecule has 0 aromatic heterocycles. The van der Waals surface area contributed by atoms with E-state index in [2.05, 4.69) is 36.7 Å². The summed E-state index contributed by atoms with van der Waals surface area (Å²) in [6.45, 7) is 7.84. The van der Waals surface area contributed by atoms with E-state index in [1.807, 2.05) is 30.3 Å². The van der Waals surface area contributed by atoms with Crippen LogP contribution in [0.1, 0.15) is 59.3 Å². The lowest BCUT2D eigenvalue weighted by atomic mass is 9.99. The van der Waals surface area contributed by atoms with Crippen molar-refractivity contribution in [3.8, 4) is 0 Å². The highest BCUT2D eigenvalue weighted by atomic mass is 79.9. The summed E-state index contributed by atoms with van der Waals surface area (Å²) in [6.07, 6.45) is 3.33. The predicted molar refractivity (Wildman–Crippen MR) is 140 cm³/mol. The molecule has 1 saturated heterocycles. The summed E-state index contributed by atoms with van der Waals surface area (Å²) in [5, 5.41) is 0.0830. The Labute approximate surface area is 221 Å². The number of esters is 1. The van der Waals surface area contributed by atoms with Gasteiger partial charge in [-0.1, -0.05) is 74.2 Å². The Morgan fingerprint density at radius 2 is 1.43 bits per heavy atom. The maximum Gasteiger partial charge on any atom is 0.316 e. The lowest BCUT2D eigenvalue weighted by Crippen LogP contribution is -2.62. The fraction of sp³-hybridized carbons (Fsp3) is 0.731. The van der Waals surface area contributed by atoms with Gasteiger partial charge in [0, 0.05) is 24.7 Å². The number of halogens is 1. The summed E-state index contributed by atoms with van der Waals surface area (Å²) < 4.78 is 44.5. The molecule has 0 saturated carbocycles. The Morgan fingerprint density at radius 1 is 0.886 bits per heavy atom. The van der Waals surface area contributed by atoms with Gasteiger partial charge in [-0.3, -0.25) is 9.00 Å². The summed E-state index contributed by atoms with van der Waals surface area (Å²) in [7, 11) is -1.52. The number of hydrogen-bond acceptors (Lipinski definition) is 7. The van der Waals surface area contributed by atoms with Crippen molar-refractivity contribution in [2.45, 2.75) is 94.0 Å². The van der Waals surface area contributed by atoms with Crippen molar-refractivity contribution in [1.29, 1.82) is 0 Å². The van der Waals surface area contributed by atoms with Gasteiger partial charge in [0.2, 0.25) is 0 Å². The highest BCUT2D eigenvalue weighted by Crippen LogP contribution is 2.32. The summed E-state index contributed by atoms with van der Waals surface area (Å²) in [4.78, 5) is 12.6. The molecule has 1 aliphatic rings. The molecule has 0 bridgehead atoms. The van der Waals surface area contributed by atoms with Crippen molar-refractivity contribution in [2.24, 2.45) is 0 Å². The summed E-state index contributed by atoms with van der Waals surface area (Å²) >= 11 is 3.13. The molecule has 2 rings (SSSR count). The number of hydrogen-bond donors (Lipinski definition) is 0. The summed E-state index contributed by atoms with van der Waals surface area (Å²) in [5.74, 6) is -0.397. The van der Waals surface area contributed by atoms with E-state index >= 15 is 0 Å². The van der Waals surface area contributed by atoms with E-state index < -0.39 is 46.6 Å². The second-order valence-corrected chi connectivity index (χ2v) is 10.6. The third-order valence-electron chi connectivity index (χ3n) is 5.72. The molecular formula is C26H41BrO7S. The molecular weight excluding hydrogens is 536 g/mol. The molecule has 0 spiro atoms. The van der Waals surface area contributed by atoms with Crippen molar-refractivity contribution >= 4 is 32.7 Å². The van der Waals surface area contributed by atoms with Gasteiger partial charge < -0.3 is 23.7 Å². The Bertz CT molecular complexity index is 736. The van der Waals surface area contributed by atoms with Crippen LogP contribution in [0.15, 0.2) is 35.2 Å². The van der Waals surface area contributed by atoms with E-state index in [1.54, 1.807) is 0 Å². The number of carbonyl (C=O) groups excluding carboxylic acids is 1. The van der Waals surface area contributed by atoms with Gasteiger partial charge in [0.05, 0.1) is 10.8 Å². The maximum atomic E-state index is 13.7. The van der Waals surface area contributed by atoms with Gasteiger partial charge in [-0.25, -0.2) is 0 Å². The summed E-state index contributed by atoms with van der Waals surface area (Å²) in [6, 6.07) is 9.22. The topological polar surface area (TPSA) is 80.3 Å². The van der Waals surface area contributed by atoms with Gasteiger partial charge in [0.15, 0.2) is 5.44 Å². The molecule has 1 aromatic carbocycles. The van der Waals surface area contributed by atoms with Crippen molar-refractivity contribution in [3.63, 3.8) is 0 Å². The molecule has 1 fully saturated rings. The number of unbranched alkanes of at least 4 members (excludes halogenated alkanes) is 3. The smallest absolute Gasteiger partial charge is 0.316 e. The minimum Gasteiger partial charge on any atom is -0.462 e.